The van der Waals surface area contributed by atoms with E-state index in [0.717, 1.165) is 17.7 Å². The van der Waals surface area contributed by atoms with Crippen LogP contribution >= 0.6 is 11.8 Å². The quantitative estimate of drug-likeness (QED) is 0.383. The average molecular weight is 274 g/mol. The van der Waals surface area contributed by atoms with Crippen molar-refractivity contribution >= 4 is 23.4 Å². The first-order valence-corrected chi connectivity index (χ1v) is 7.16. The topological polar surface area (TPSA) is 73.1 Å². The number of amides is 1. The van der Waals surface area contributed by atoms with Crippen LogP contribution < -0.4 is 5.32 Å². The molecule has 2 rings (SSSR count). The van der Waals surface area contributed by atoms with Gasteiger partial charge in [-0.05, 0) is 43.4 Å². The third kappa shape index (κ3) is 3.30. The maximum Gasteiger partial charge on any atom is 0.269 e. The summed E-state index contributed by atoms with van der Waals surface area (Å²) in [6.07, 6.45) is 3.65. The van der Waals surface area contributed by atoms with Crippen LogP contribution in [0.15, 0.2) is 40.5 Å². The third-order valence-electron chi connectivity index (χ3n) is 2.91. The Hall–Kier alpha value is -1.93. The van der Waals surface area contributed by atoms with Crippen LogP contribution in [0, 0.1) is 17.2 Å². The van der Waals surface area contributed by atoms with E-state index in [1.54, 1.807) is 30.0 Å². The van der Waals surface area contributed by atoms with Crippen LogP contribution in [0.1, 0.15) is 12.8 Å². The molecule has 1 aliphatic carbocycles. The highest BCUT2D eigenvalue weighted by Gasteiger charge is 2.30. The van der Waals surface area contributed by atoms with Crippen LogP contribution in [0.5, 0.6) is 0 Å². The van der Waals surface area contributed by atoms with Crippen LogP contribution in [0.2, 0.25) is 0 Å². The Balaban J connectivity index is 2.11. The van der Waals surface area contributed by atoms with E-state index in [-0.39, 0.29) is 17.3 Å². The molecule has 0 unspecified atom stereocenters. The van der Waals surface area contributed by atoms with Gasteiger partial charge in [-0.3, -0.25) is 4.79 Å². The van der Waals surface area contributed by atoms with Gasteiger partial charge in [0, 0.05) is 16.5 Å². The van der Waals surface area contributed by atoms with E-state index >= 15 is 0 Å². The summed E-state index contributed by atoms with van der Waals surface area (Å²) in [6, 6.07) is 9.09. The summed E-state index contributed by atoms with van der Waals surface area (Å²) in [6.45, 7) is 0. The number of nitrogens with one attached hydrogen (secondary N) is 1. The maximum atomic E-state index is 11.9. The number of anilines is 1. The Kier molecular flexibility index (Phi) is 4.13. The van der Waals surface area contributed by atoms with Crippen molar-refractivity contribution < 1.29 is 9.90 Å². The first-order chi connectivity index (χ1) is 9.15. The molecule has 1 aromatic carbocycles. The largest absolute Gasteiger partial charge is 0.510 e. The second-order valence-electron chi connectivity index (χ2n) is 4.33. The molecule has 0 aliphatic heterocycles. The molecule has 1 amide bonds. The van der Waals surface area contributed by atoms with Crippen molar-refractivity contribution in [1.29, 1.82) is 5.26 Å². The fraction of sp³-hybridized carbons (Fsp3) is 0.286. The zero-order valence-electron chi connectivity index (χ0n) is 10.5. The molecule has 1 aromatic rings. The highest BCUT2D eigenvalue weighted by Crippen LogP contribution is 2.36. The molecule has 5 heteroatoms. The molecule has 0 aromatic heterocycles. The fourth-order valence-electron chi connectivity index (χ4n) is 1.65. The van der Waals surface area contributed by atoms with Crippen molar-refractivity contribution in [3.05, 3.63) is 35.6 Å². The number of rotatable bonds is 4. The Labute approximate surface area is 116 Å². The van der Waals surface area contributed by atoms with E-state index in [4.69, 9.17) is 5.26 Å². The van der Waals surface area contributed by atoms with Crippen LogP contribution in [-0.4, -0.2) is 17.3 Å². The van der Waals surface area contributed by atoms with Gasteiger partial charge >= 0.3 is 0 Å². The number of allylic oxidation sites excluding steroid dienone is 1. The van der Waals surface area contributed by atoms with Crippen molar-refractivity contribution in [1.82, 2.24) is 0 Å². The molecular formula is C14H14N2O2S. The summed E-state index contributed by atoms with van der Waals surface area (Å²) < 4.78 is 0. The van der Waals surface area contributed by atoms with Gasteiger partial charge in [-0.25, -0.2) is 0 Å². The van der Waals surface area contributed by atoms with Crippen molar-refractivity contribution in [2.24, 2.45) is 5.92 Å². The maximum absolute atomic E-state index is 11.9. The second kappa shape index (κ2) is 5.81. The number of nitrogens with zero attached hydrogens (tertiary/aromatic N) is 1. The molecule has 98 valence electrons. The lowest BCUT2D eigenvalue weighted by atomic mass is 10.1. The predicted molar refractivity (Wildman–Crippen MR) is 74.8 cm³/mol. The predicted octanol–water partition coefficient (Wildman–Crippen LogP) is 3.09. The Morgan fingerprint density at radius 2 is 2.05 bits per heavy atom. The zero-order chi connectivity index (χ0) is 13.8. The Morgan fingerprint density at radius 3 is 2.53 bits per heavy atom. The zero-order valence-corrected chi connectivity index (χ0v) is 11.3. The molecular weight excluding hydrogens is 260 g/mol. The van der Waals surface area contributed by atoms with Crippen molar-refractivity contribution in [2.75, 3.05) is 11.6 Å². The number of hydrogen-bond acceptors (Lipinski definition) is 4. The van der Waals surface area contributed by atoms with E-state index in [9.17, 15) is 9.90 Å². The van der Waals surface area contributed by atoms with Gasteiger partial charge in [-0.15, -0.1) is 11.8 Å². The standard InChI is InChI=1S/C14H14N2O2S/c1-19-11-6-4-10(5-7-11)16-14(18)12(8-15)13(17)9-2-3-9/h4-7,9,17H,2-3H2,1H3,(H,16,18)/b13-12-. The summed E-state index contributed by atoms with van der Waals surface area (Å²) in [5.41, 5.74) is 0.426. The van der Waals surface area contributed by atoms with E-state index in [0.29, 0.717) is 5.69 Å². The highest BCUT2D eigenvalue weighted by atomic mass is 32.2. The molecule has 0 bridgehead atoms. The normalized spacial score (nSPS) is 15.4. The van der Waals surface area contributed by atoms with Gasteiger partial charge in [0.15, 0.2) is 5.57 Å². The van der Waals surface area contributed by atoms with Gasteiger partial charge < -0.3 is 10.4 Å². The number of aliphatic hydroxyl groups excluding tert-OH is 1. The van der Waals surface area contributed by atoms with Gasteiger partial charge in [0.05, 0.1) is 0 Å². The van der Waals surface area contributed by atoms with Crippen LogP contribution in [0.3, 0.4) is 0 Å². The minimum absolute atomic E-state index is 0.0146. The molecule has 4 nitrogen and oxygen atoms in total. The van der Waals surface area contributed by atoms with E-state index in [2.05, 4.69) is 5.32 Å². The lowest BCUT2D eigenvalue weighted by Crippen LogP contribution is -2.15. The molecule has 0 atom stereocenters. The van der Waals surface area contributed by atoms with Crippen LogP contribution in [0.25, 0.3) is 0 Å². The lowest BCUT2D eigenvalue weighted by molar-refractivity contribution is -0.112. The lowest BCUT2D eigenvalue weighted by Gasteiger charge is -2.06. The summed E-state index contributed by atoms with van der Waals surface area (Å²) in [4.78, 5) is 13.0. The van der Waals surface area contributed by atoms with Crippen molar-refractivity contribution in [2.45, 2.75) is 17.7 Å². The molecule has 0 saturated heterocycles. The van der Waals surface area contributed by atoms with Gasteiger partial charge in [0.2, 0.25) is 0 Å². The minimum atomic E-state index is -0.552. The van der Waals surface area contributed by atoms with Gasteiger partial charge in [-0.1, -0.05) is 0 Å². The van der Waals surface area contributed by atoms with E-state index in [1.165, 1.54) is 0 Å². The second-order valence-corrected chi connectivity index (χ2v) is 5.21. The molecule has 1 fully saturated rings. The summed E-state index contributed by atoms with van der Waals surface area (Å²) >= 11 is 1.61. The average Bonchev–Trinajstić information content (AvgIpc) is 3.24. The van der Waals surface area contributed by atoms with Gasteiger partial charge in [0.1, 0.15) is 11.8 Å². The minimum Gasteiger partial charge on any atom is -0.510 e. The first-order valence-electron chi connectivity index (χ1n) is 5.94. The summed E-state index contributed by atoms with van der Waals surface area (Å²) in [5, 5.41) is 21.4. The number of carbonyl (C=O) groups is 1. The van der Waals surface area contributed by atoms with E-state index < -0.39 is 5.91 Å². The molecule has 1 aliphatic rings. The highest BCUT2D eigenvalue weighted by molar-refractivity contribution is 7.98. The molecule has 0 heterocycles. The van der Waals surface area contributed by atoms with Crippen molar-refractivity contribution in [3.63, 3.8) is 0 Å². The molecule has 1 saturated carbocycles. The Bertz CT molecular complexity index is 554. The van der Waals surface area contributed by atoms with Crippen LogP contribution in [0.4, 0.5) is 5.69 Å². The van der Waals surface area contributed by atoms with Crippen molar-refractivity contribution in [3.8, 4) is 6.07 Å². The first kappa shape index (κ1) is 13.5. The third-order valence-corrected chi connectivity index (χ3v) is 3.65. The fourth-order valence-corrected chi connectivity index (χ4v) is 2.06. The number of carbonyl (C=O) groups excluding carboxylic acids is 1. The summed E-state index contributed by atoms with van der Waals surface area (Å²) in [7, 11) is 0. The number of aliphatic hydroxyl groups is 1. The number of nitriles is 1. The monoisotopic (exact) mass is 274 g/mol. The molecule has 2 N–H and O–H groups in total. The molecule has 0 radical (unpaired) electrons. The van der Waals surface area contributed by atoms with Gasteiger partial charge in [-0.2, -0.15) is 5.26 Å². The smallest absolute Gasteiger partial charge is 0.269 e. The number of benzene rings is 1. The van der Waals surface area contributed by atoms with Gasteiger partial charge in [0.25, 0.3) is 5.91 Å². The van der Waals surface area contributed by atoms with Crippen LogP contribution in [-0.2, 0) is 4.79 Å². The number of hydrogen-bond donors (Lipinski definition) is 2. The molecule has 19 heavy (non-hydrogen) atoms. The SMILES string of the molecule is CSc1ccc(NC(=O)/C(C#N)=C(\O)C2CC2)cc1. The summed E-state index contributed by atoms with van der Waals surface area (Å²) in [5.74, 6) is -0.649. The Morgan fingerprint density at radius 1 is 1.42 bits per heavy atom. The molecule has 0 spiro atoms. The van der Waals surface area contributed by atoms with E-state index in [1.807, 2.05) is 18.4 Å². The number of thioether (sulfide) groups is 1.